The van der Waals surface area contributed by atoms with Gasteiger partial charge < -0.3 is 10.2 Å². The molecule has 2 rings (SSSR count). The minimum atomic E-state index is -3.54. The number of anilines is 1. The highest BCUT2D eigenvalue weighted by atomic mass is 32.2. The van der Waals surface area contributed by atoms with Crippen LogP contribution in [0, 0.1) is 15.9 Å². The van der Waals surface area contributed by atoms with Gasteiger partial charge in [0.25, 0.3) is 5.69 Å². The molecule has 0 atom stereocenters. The van der Waals surface area contributed by atoms with Gasteiger partial charge in [-0.05, 0) is 43.9 Å². The molecule has 140 valence electrons. The molecule has 26 heavy (non-hydrogen) atoms. The lowest BCUT2D eigenvalue weighted by Gasteiger charge is -2.13. The molecule has 0 aromatic heterocycles. The van der Waals surface area contributed by atoms with Crippen LogP contribution >= 0.6 is 0 Å². The first kappa shape index (κ1) is 19.8. The zero-order valence-corrected chi connectivity index (χ0v) is 15.5. The lowest BCUT2D eigenvalue weighted by Crippen LogP contribution is -2.12. The quantitative estimate of drug-likeness (QED) is 0.586. The van der Waals surface area contributed by atoms with Gasteiger partial charge in [-0.3, -0.25) is 10.1 Å². The Labute approximate surface area is 151 Å². The van der Waals surface area contributed by atoms with E-state index in [0.29, 0.717) is 12.1 Å². The van der Waals surface area contributed by atoms with E-state index >= 15 is 0 Å². The summed E-state index contributed by atoms with van der Waals surface area (Å²) in [6, 6.07) is 8.35. The van der Waals surface area contributed by atoms with E-state index in [1.54, 1.807) is 12.1 Å². The maximum atomic E-state index is 13.8. The van der Waals surface area contributed by atoms with Crippen molar-refractivity contribution in [2.24, 2.45) is 0 Å². The maximum Gasteiger partial charge on any atom is 0.293 e. The second-order valence-corrected chi connectivity index (χ2v) is 8.24. The topological polar surface area (TPSA) is 92.6 Å². The molecular formula is C17H20FN3O4S. The molecule has 1 N–H and O–H groups in total. The van der Waals surface area contributed by atoms with Gasteiger partial charge in [-0.1, -0.05) is 6.07 Å². The predicted octanol–water partition coefficient (Wildman–Crippen LogP) is 2.81. The van der Waals surface area contributed by atoms with Crippen LogP contribution in [0.3, 0.4) is 0 Å². The van der Waals surface area contributed by atoms with E-state index < -0.39 is 14.8 Å². The van der Waals surface area contributed by atoms with Gasteiger partial charge in [0.15, 0.2) is 9.84 Å². The van der Waals surface area contributed by atoms with Crippen molar-refractivity contribution in [1.82, 2.24) is 4.90 Å². The summed E-state index contributed by atoms with van der Waals surface area (Å²) in [6.07, 6.45) is 0.990. The monoisotopic (exact) mass is 381 g/mol. The molecular weight excluding hydrogens is 361 g/mol. The third-order valence-corrected chi connectivity index (χ3v) is 4.78. The summed E-state index contributed by atoms with van der Waals surface area (Å²) < 4.78 is 37.0. The number of nitrogens with zero attached hydrogens (tertiary/aromatic N) is 2. The fourth-order valence-electron chi connectivity index (χ4n) is 2.44. The summed E-state index contributed by atoms with van der Waals surface area (Å²) in [6.45, 7) is 0.669. The number of hydrogen-bond donors (Lipinski definition) is 1. The Hall–Kier alpha value is -2.52. The predicted molar refractivity (Wildman–Crippen MR) is 97.3 cm³/mol. The van der Waals surface area contributed by atoms with Crippen LogP contribution in [0.25, 0.3) is 0 Å². The number of sulfone groups is 1. The van der Waals surface area contributed by atoms with Crippen LogP contribution in [0.2, 0.25) is 0 Å². The second-order valence-electron chi connectivity index (χ2n) is 6.23. The first-order valence-corrected chi connectivity index (χ1v) is 9.61. The Morgan fingerprint density at radius 1 is 1.19 bits per heavy atom. The van der Waals surface area contributed by atoms with Crippen LogP contribution in [0.15, 0.2) is 41.3 Å². The smallest absolute Gasteiger partial charge is 0.293 e. The van der Waals surface area contributed by atoms with Gasteiger partial charge in [0.2, 0.25) is 0 Å². The Balaban J connectivity index is 2.25. The first-order valence-electron chi connectivity index (χ1n) is 7.72. The molecule has 0 saturated heterocycles. The summed E-state index contributed by atoms with van der Waals surface area (Å²) >= 11 is 0. The molecule has 0 unspecified atom stereocenters. The van der Waals surface area contributed by atoms with Crippen molar-refractivity contribution in [3.63, 3.8) is 0 Å². The fraction of sp³-hybridized carbons (Fsp3) is 0.294. The Morgan fingerprint density at radius 2 is 1.88 bits per heavy atom. The summed E-state index contributed by atoms with van der Waals surface area (Å²) in [5, 5.41) is 14.2. The third-order valence-electron chi connectivity index (χ3n) is 3.67. The van der Waals surface area contributed by atoms with Crippen LogP contribution in [-0.2, 0) is 22.9 Å². The van der Waals surface area contributed by atoms with Crippen molar-refractivity contribution in [3.05, 3.63) is 63.5 Å². The molecule has 2 aromatic carbocycles. The SMILES string of the molecule is CN(C)Cc1cc(CNc2ccc(S(C)(=O)=O)cc2[N+](=O)[O-])ccc1F. The molecule has 0 heterocycles. The third kappa shape index (κ3) is 4.99. The van der Waals surface area contributed by atoms with Gasteiger partial charge >= 0.3 is 0 Å². The molecule has 0 radical (unpaired) electrons. The average molecular weight is 381 g/mol. The van der Waals surface area contributed by atoms with Crippen molar-refractivity contribution in [1.29, 1.82) is 0 Å². The van der Waals surface area contributed by atoms with Crippen molar-refractivity contribution < 1.29 is 17.7 Å². The standard InChI is InChI=1S/C17H20FN3O4S/c1-20(2)11-13-8-12(4-6-15(13)18)10-19-16-7-5-14(26(3,24)25)9-17(16)21(22)23/h4-9,19H,10-11H2,1-3H3. The number of hydrogen-bond acceptors (Lipinski definition) is 6. The lowest BCUT2D eigenvalue weighted by molar-refractivity contribution is -0.384. The number of nitro groups is 1. The largest absolute Gasteiger partial charge is 0.375 e. The number of nitrogens with one attached hydrogen (secondary N) is 1. The zero-order valence-electron chi connectivity index (χ0n) is 14.7. The Kier molecular flexibility index (Phi) is 5.94. The number of benzene rings is 2. The number of rotatable bonds is 7. The summed E-state index contributed by atoms with van der Waals surface area (Å²) in [7, 11) is 0.118. The van der Waals surface area contributed by atoms with Gasteiger partial charge in [0.05, 0.1) is 9.82 Å². The molecule has 0 saturated carbocycles. The summed E-state index contributed by atoms with van der Waals surface area (Å²) in [4.78, 5) is 12.3. The number of halogens is 1. The molecule has 0 aliphatic carbocycles. The fourth-order valence-corrected chi connectivity index (χ4v) is 3.08. The Morgan fingerprint density at radius 3 is 2.46 bits per heavy atom. The first-order chi connectivity index (χ1) is 12.1. The zero-order chi connectivity index (χ0) is 19.5. The van der Waals surface area contributed by atoms with Gasteiger partial charge in [-0.25, -0.2) is 12.8 Å². The van der Waals surface area contributed by atoms with Crippen LogP contribution in [0.1, 0.15) is 11.1 Å². The molecule has 0 fully saturated rings. The molecule has 0 aliphatic heterocycles. The van der Waals surface area contributed by atoms with Crippen molar-refractivity contribution in [2.75, 3.05) is 25.7 Å². The van der Waals surface area contributed by atoms with E-state index in [2.05, 4.69) is 5.32 Å². The van der Waals surface area contributed by atoms with E-state index in [1.165, 1.54) is 18.2 Å². The minimum Gasteiger partial charge on any atom is -0.375 e. The van der Waals surface area contributed by atoms with E-state index in [0.717, 1.165) is 17.9 Å². The van der Waals surface area contributed by atoms with E-state index in [-0.39, 0.29) is 28.6 Å². The van der Waals surface area contributed by atoms with Gasteiger partial charge in [-0.2, -0.15) is 0 Å². The second kappa shape index (κ2) is 7.79. The molecule has 0 amide bonds. The maximum absolute atomic E-state index is 13.8. The van der Waals surface area contributed by atoms with E-state index in [4.69, 9.17) is 0 Å². The van der Waals surface area contributed by atoms with E-state index in [1.807, 2.05) is 19.0 Å². The highest BCUT2D eigenvalue weighted by molar-refractivity contribution is 7.90. The van der Waals surface area contributed by atoms with Crippen molar-refractivity contribution in [2.45, 2.75) is 18.0 Å². The lowest BCUT2D eigenvalue weighted by atomic mass is 10.1. The van der Waals surface area contributed by atoms with Gasteiger partial charge in [-0.15, -0.1) is 0 Å². The van der Waals surface area contributed by atoms with Crippen LogP contribution < -0.4 is 5.32 Å². The summed E-state index contributed by atoms with van der Waals surface area (Å²) in [5.41, 5.74) is 1.14. The number of nitro benzene ring substituents is 1. The molecule has 2 aromatic rings. The van der Waals surface area contributed by atoms with Gasteiger partial charge in [0, 0.05) is 31.0 Å². The van der Waals surface area contributed by atoms with Crippen LogP contribution in [0.4, 0.5) is 15.8 Å². The molecule has 9 heteroatoms. The van der Waals surface area contributed by atoms with E-state index in [9.17, 15) is 22.9 Å². The average Bonchev–Trinajstić information content (AvgIpc) is 2.54. The molecule has 7 nitrogen and oxygen atoms in total. The van der Waals surface area contributed by atoms with Crippen molar-refractivity contribution >= 4 is 21.2 Å². The molecule has 0 spiro atoms. The highest BCUT2D eigenvalue weighted by Gasteiger charge is 2.18. The normalized spacial score (nSPS) is 11.6. The molecule has 0 bridgehead atoms. The highest BCUT2D eigenvalue weighted by Crippen LogP contribution is 2.28. The van der Waals surface area contributed by atoms with Crippen LogP contribution in [-0.4, -0.2) is 38.6 Å². The van der Waals surface area contributed by atoms with Crippen LogP contribution in [0.5, 0.6) is 0 Å². The Bertz CT molecular complexity index is 930. The van der Waals surface area contributed by atoms with Gasteiger partial charge in [0.1, 0.15) is 11.5 Å². The minimum absolute atomic E-state index is 0.121. The molecule has 0 aliphatic rings. The summed E-state index contributed by atoms with van der Waals surface area (Å²) in [5.74, 6) is -0.314. The van der Waals surface area contributed by atoms with Crippen molar-refractivity contribution in [3.8, 4) is 0 Å².